The second kappa shape index (κ2) is 6.66. The summed E-state index contributed by atoms with van der Waals surface area (Å²) in [5.74, 6) is -0.0429. The largest absolute Gasteiger partial charge is 0.481 e. The third kappa shape index (κ3) is 3.37. The molecule has 2 aliphatic heterocycles. The summed E-state index contributed by atoms with van der Waals surface area (Å²) in [6.07, 6.45) is 3.30. The second-order valence-corrected chi connectivity index (χ2v) is 6.18. The van der Waals surface area contributed by atoms with E-state index in [1.807, 2.05) is 0 Å². The summed E-state index contributed by atoms with van der Waals surface area (Å²) in [5, 5.41) is 9.23. The van der Waals surface area contributed by atoms with Gasteiger partial charge in [-0.05, 0) is 37.8 Å². The number of hydrogen-bond acceptors (Lipinski definition) is 4. The summed E-state index contributed by atoms with van der Waals surface area (Å²) in [5.41, 5.74) is 0.446. The average molecular weight is 340 g/mol. The highest BCUT2D eigenvalue weighted by Crippen LogP contribution is 2.40. The smallest absolute Gasteiger partial charge is 0.303 e. The number of halogens is 1. The van der Waals surface area contributed by atoms with Crippen LogP contribution in [0.2, 0.25) is 5.02 Å². The Labute approximate surface area is 138 Å². The molecule has 0 saturated carbocycles. The lowest BCUT2D eigenvalue weighted by molar-refractivity contribution is -0.137. The number of benzene rings is 1. The Morgan fingerprint density at radius 3 is 2.91 bits per heavy atom. The fourth-order valence-corrected chi connectivity index (χ4v) is 3.38. The molecular weight excluding hydrogens is 322 g/mol. The fourth-order valence-electron chi connectivity index (χ4n) is 3.11. The van der Waals surface area contributed by atoms with Gasteiger partial charge in [0.1, 0.15) is 0 Å². The topological polar surface area (TPSA) is 76.1 Å². The molecule has 0 radical (unpaired) electrons. The van der Waals surface area contributed by atoms with Crippen LogP contribution in [0, 0.1) is 0 Å². The SMILES string of the molecule is O=C(O)CC[C@H]1CCCCN1C(=O)c1cc(Cl)c2c(c1)OCO2. The van der Waals surface area contributed by atoms with Gasteiger partial charge >= 0.3 is 5.97 Å². The van der Waals surface area contributed by atoms with Crippen molar-refractivity contribution in [3.05, 3.63) is 22.7 Å². The molecule has 1 amide bonds. The first-order valence-electron chi connectivity index (χ1n) is 7.68. The number of carboxylic acid groups (broad SMARTS) is 1. The lowest BCUT2D eigenvalue weighted by atomic mass is 9.97. The van der Waals surface area contributed by atoms with Gasteiger partial charge in [-0.2, -0.15) is 0 Å². The number of carbonyl (C=O) groups is 2. The van der Waals surface area contributed by atoms with Gasteiger partial charge in [-0.25, -0.2) is 0 Å². The summed E-state index contributed by atoms with van der Waals surface area (Å²) in [6.45, 7) is 0.729. The van der Waals surface area contributed by atoms with E-state index in [0.717, 1.165) is 19.3 Å². The molecule has 1 N–H and O–H groups in total. The van der Waals surface area contributed by atoms with Crippen molar-refractivity contribution in [1.82, 2.24) is 4.90 Å². The molecule has 124 valence electrons. The Morgan fingerprint density at radius 1 is 1.30 bits per heavy atom. The predicted octanol–water partition coefficient (Wildman–Crippen LogP) is 2.93. The van der Waals surface area contributed by atoms with Crippen LogP contribution in [-0.4, -0.2) is 41.3 Å². The molecule has 1 aromatic carbocycles. The van der Waals surface area contributed by atoms with E-state index in [2.05, 4.69) is 0 Å². The number of ether oxygens (including phenoxy) is 2. The molecular formula is C16H18ClNO5. The minimum absolute atomic E-state index is 0.0449. The zero-order valence-corrected chi connectivity index (χ0v) is 13.3. The average Bonchev–Trinajstić information content (AvgIpc) is 3.01. The van der Waals surface area contributed by atoms with Crippen LogP contribution in [-0.2, 0) is 4.79 Å². The van der Waals surface area contributed by atoms with Gasteiger partial charge in [0, 0.05) is 24.6 Å². The number of carboxylic acids is 1. The minimum Gasteiger partial charge on any atom is -0.481 e. The number of aliphatic carboxylic acids is 1. The van der Waals surface area contributed by atoms with Gasteiger partial charge in [0.05, 0.1) is 5.02 Å². The van der Waals surface area contributed by atoms with Crippen molar-refractivity contribution < 1.29 is 24.2 Å². The third-order valence-corrected chi connectivity index (χ3v) is 4.53. The highest BCUT2D eigenvalue weighted by Gasteiger charge is 2.29. The van der Waals surface area contributed by atoms with Gasteiger partial charge in [0.15, 0.2) is 11.5 Å². The van der Waals surface area contributed by atoms with E-state index in [9.17, 15) is 9.59 Å². The van der Waals surface area contributed by atoms with Crippen LogP contribution >= 0.6 is 11.6 Å². The summed E-state index contributed by atoms with van der Waals surface area (Å²) >= 11 is 6.14. The second-order valence-electron chi connectivity index (χ2n) is 5.77. The molecule has 0 bridgehead atoms. The molecule has 3 rings (SSSR count). The highest BCUT2D eigenvalue weighted by molar-refractivity contribution is 6.32. The van der Waals surface area contributed by atoms with E-state index >= 15 is 0 Å². The number of rotatable bonds is 4. The fraction of sp³-hybridized carbons (Fsp3) is 0.500. The van der Waals surface area contributed by atoms with Crippen LogP contribution in [0.4, 0.5) is 0 Å². The Bertz CT molecular complexity index is 633. The molecule has 0 spiro atoms. The van der Waals surface area contributed by atoms with Crippen LogP contribution in [0.3, 0.4) is 0 Å². The van der Waals surface area contributed by atoms with Crippen molar-refractivity contribution in [1.29, 1.82) is 0 Å². The van der Waals surface area contributed by atoms with Crippen molar-refractivity contribution in [3.63, 3.8) is 0 Å². The lowest BCUT2D eigenvalue weighted by Crippen LogP contribution is -2.44. The zero-order chi connectivity index (χ0) is 16.4. The van der Waals surface area contributed by atoms with Crippen molar-refractivity contribution in [2.24, 2.45) is 0 Å². The minimum atomic E-state index is -0.839. The number of piperidine rings is 1. The molecule has 7 heteroatoms. The summed E-state index contributed by atoms with van der Waals surface area (Å²) in [7, 11) is 0. The monoisotopic (exact) mass is 339 g/mol. The van der Waals surface area contributed by atoms with Gasteiger partial charge in [-0.15, -0.1) is 0 Å². The van der Waals surface area contributed by atoms with Crippen molar-refractivity contribution >= 4 is 23.5 Å². The number of carbonyl (C=O) groups excluding carboxylic acids is 1. The molecule has 1 fully saturated rings. The predicted molar refractivity (Wildman–Crippen MR) is 83.1 cm³/mol. The van der Waals surface area contributed by atoms with Gasteiger partial charge < -0.3 is 19.5 Å². The molecule has 1 aromatic rings. The van der Waals surface area contributed by atoms with Gasteiger partial charge in [0.2, 0.25) is 6.79 Å². The maximum absolute atomic E-state index is 12.8. The molecule has 2 aliphatic rings. The zero-order valence-electron chi connectivity index (χ0n) is 12.6. The van der Waals surface area contributed by atoms with Crippen LogP contribution in [0.25, 0.3) is 0 Å². The maximum Gasteiger partial charge on any atom is 0.303 e. The van der Waals surface area contributed by atoms with Crippen molar-refractivity contribution in [2.75, 3.05) is 13.3 Å². The quantitative estimate of drug-likeness (QED) is 0.912. The van der Waals surface area contributed by atoms with E-state index in [-0.39, 0.29) is 25.2 Å². The van der Waals surface area contributed by atoms with E-state index in [0.29, 0.717) is 35.1 Å². The van der Waals surface area contributed by atoms with Crippen LogP contribution in [0.5, 0.6) is 11.5 Å². The third-order valence-electron chi connectivity index (χ3n) is 4.25. The molecule has 0 aromatic heterocycles. The molecule has 6 nitrogen and oxygen atoms in total. The number of likely N-dealkylation sites (tertiary alicyclic amines) is 1. The molecule has 23 heavy (non-hydrogen) atoms. The maximum atomic E-state index is 12.8. The molecule has 1 atom stereocenters. The first-order valence-corrected chi connectivity index (χ1v) is 8.06. The van der Waals surface area contributed by atoms with Crippen LogP contribution in [0.1, 0.15) is 42.5 Å². The number of hydrogen-bond donors (Lipinski definition) is 1. The Morgan fingerprint density at radius 2 is 2.13 bits per heavy atom. The van der Waals surface area contributed by atoms with Crippen LogP contribution in [0.15, 0.2) is 12.1 Å². The normalized spacial score (nSPS) is 19.7. The molecule has 0 unspecified atom stereocenters. The summed E-state index contributed by atoms with van der Waals surface area (Å²) in [4.78, 5) is 25.4. The molecule has 0 aliphatic carbocycles. The van der Waals surface area contributed by atoms with Gasteiger partial charge in [-0.3, -0.25) is 9.59 Å². The number of nitrogens with zero attached hydrogens (tertiary/aromatic N) is 1. The highest BCUT2D eigenvalue weighted by atomic mass is 35.5. The van der Waals surface area contributed by atoms with Crippen molar-refractivity contribution in [3.8, 4) is 11.5 Å². The summed E-state index contributed by atoms with van der Waals surface area (Å²) in [6, 6.07) is 3.18. The van der Waals surface area contributed by atoms with E-state index < -0.39 is 5.97 Å². The first kappa shape index (κ1) is 15.9. The molecule has 1 saturated heterocycles. The van der Waals surface area contributed by atoms with Crippen LogP contribution < -0.4 is 9.47 Å². The number of amides is 1. The Hall–Kier alpha value is -1.95. The number of fused-ring (bicyclic) bond motifs is 1. The molecule has 2 heterocycles. The van der Waals surface area contributed by atoms with E-state index in [1.165, 1.54) is 0 Å². The van der Waals surface area contributed by atoms with Gasteiger partial charge in [0.25, 0.3) is 5.91 Å². The summed E-state index contributed by atoms with van der Waals surface area (Å²) < 4.78 is 10.6. The lowest BCUT2D eigenvalue weighted by Gasteiger charge is -2.35. The Balaban J connectivity index is 1.80. The van der Waals surface area contributed by atoms with E-state index in [1.54, 1.807) is 17.0 Å². The van der Waals surface area contributed by atoms with E-state index in [4.69, 9.17) is 26.2 Å². The standard InChI is InChI=1S/C16H18ClNO5/c17-12-7-10(8-13-15(12)23-9-22-13)16(21)18-6-2-1-3-11(18)4-5-14(19)20/h7-8,11H,1-6,9H2,(H,19,20)/t11-/m1/s1. The van der Waals surface area contributed by atoms with Gasteiger partial charge in [-0.1, -0.05) is 11.6 Å². The van der Waals surface area contributed by atoms with Crippen molar-refractivity contribution in [2.45, 2.75) is 38.1 Å². The Kier molecular flexibility index (Phi) is 4.61. The first-order chi connectivity index (χ1) is 11.1.